The molecule has 2 aromatic carbocycles. The first-order chi connectivity index (χ1) is 15.6. The van der Waals surface area contributed by atoms with Crippen LogP contribution in [-0.4, -0.2) is 27.8 Å². The van der Waals surface area contributed by atoms with Crippen molar-refractivity contribution in [2.24, 2.45) is 16.7 Å². The summed E-state index contributed by atoms with van der Waals surface area (Å²) in [6, 6.07) is 18.4. The highest BCUT2D eigenvalue weighted by Crippen LogP contribution is 2.56. The first-order valence-electron chi connectivity index (χ1n) is 10.9. The molecule has 33 heavy (non-hydrogen) atoms. The molecule has 0 aliphatic heterocycles. The normalized spacial score (nSPS) is 21.5. The fraction of sp³-hybridized carbons (Fsp3) is 0.308. The Labute approximate surface area is 196 Å². The standard InChI is InChI=1S/C26H26N2O4S/c1-25(2)18(14-15-26(25,3)23(31)32)22(30)28-24-27-19(16-10-6-4-7-11-16)21(33-24)20(29)17-12-8-5-9-13-17/h4-13,18H,14-15H2,1-3H3,(H,31,32)(H,27,28,30)/t18-,26+/m0/s1. The van der Waals surface area contributed by atoms with Crippen molar-refractivity contribution >= 4 is 34.1 Å². The summed E-state index contributed by atoms with van der Waals surface area (Å²) < 4.78 is 0. The summed E-state index contributed by atoms with van der Waals surface area (Å²) in [5.41, 5.74) is 0.136. The number of aliphatic carboxylic acids is 1. The number of hydrogen-bond donors (Lipinski definition) is 2. The molecule has 170 valence electrons. The first-order valence-corrected chi connectivity index (χ1v) is 11.7. The second-order valence-electron chi connectivity index (χ2n) is 9.20. The van der Waals surface area contributed by atoms with Crippen molar-refractivity contribution in [3.63, 3.8) is 0 Å². The van der Waals surface area contributed by atoms with Gasteiger partial charge in [0.25, 0.3) is 0 Å². The Morgan fingerprint density at radius 3 is 2.18 bits per heavy atom. The molecule has 1 amide bonds. The third-order valence-electron chi connectivity index (χ3n) is 7.16. The third-order valence-corrected chi connectivity index (χ3v) is 8.13. The van der Waals surface area contributed by atoms with Gasteiger partial charge in [-0.25, -0.2) is 4.98 Å². The average Bonchev–Trinajstić information content (AvgIpc) is 3.33. The number of aromatic nitrogens is 1. The number of thiazole rings is 1. The summed E-state index contributed by atoms with van der Waals surface area (Å²) in [5, 5.41) is 13.0. The predicted octanol–water partition coefficient (Wildman–Crippen LogP) is 5.51. The molecule has 0 bridgehead atoms. The van der Waals surface area contributed by atoms with Gasteiger partial charge >= 0.3 is 5.97 Å². The number of ketones is 1. The molecular weight excluding hydrogens is 436 g/mol. The largest absolute Gasteiger partial charge is 0.481 e. The molecule has 0 unspecified atom stereocenters. The highest BCUT2D eigenvalue weighted by Gasteiger charge is 2.58. The summed E-state index contributed by atoms with van der Waals surface area (Å²) in [6.07, 6.45) is 0.909. The van der Waals surface area contributed by atoms with Crippen LogP contribution in [0.15, 0.2) is 60.7 Å². The predicted molar refractivity (Wildman–Crippen MR) is 128 cm³/mol. The Balaban J connectivity index is 1.67. The lowest BCUT2D eigenvalue weighted by Gasteiger charge is -2.37. The van der Waals surface area contributed by atoms with Crippen molar-refractivity contribution in [3.8, 4) is 11.3 Å². The van der Waals surface area contributed by atoms with Gasteiger partial charge < -0.3 is 10.4 Å². The van der Waals surface area contributed by atoms with E-state index in [1.54, 1.807) is 31.2 Å². The molecule has 1 saturated carbocycles. The van der Waals surface area contributed by atoms with E-state index in [0.717, 1.165) is 16.9 Å². The summed E-state index contributed by atoms with van der Waals surface area (Å²) in [4.78, 5) is 43.4. The van der Waals surface area contributed by atoms with Gasteiger partial charge in [0, 0.05) is 17.0 Å². The van der Waals surface area contributed by atoms with Crippen LogP contribution < -0.4 is 5.32 Å². The molecule has 0 saturated heterocycles. The minimum atomic E-state index is -0.985. The number of carboxylic acids is 1. The molecule has 1 aliphatic carbocycles. The van der Waals surface area contributed by atoms with E-state index in [1.807, 2.05) is 50.2 Å². The second-order valence-corrected chi connectivity index (χ2v) is 10.2. The van der Waals surface area contributed by atoms with Crippen LogP contribution in [-0.2, 0) is 9.59 Å². The van der Waals surface area contributed by atoms with E-state index in [1.165, 1.54) is 0 Å². The molecule has 3 aromatic rings. The van der Waals surface area contributed by atoms with Gasteiger partial charge in [-0.3, -0.25) is 14.4 Å². The quantitative estimate of drug-likeness (QED) is 0.471. The van der Waals surface area contributed by atoms with Crippen molar-refractivity contribution in [2.75, 3.05) is 5.32 Å². The number of nitrogens with zero attached hydrogens (tertiary/aromatic N) is 1. The van der Waals surface area contributed by atoms with Crippen LogP contribution in [0.5, 0.6) is 0 Å². The maximum atomic E-state index is 13.3. The van der Waals surface area contributed by atoms with Crippen LogP contribution in [0.2, 0.25) is 0 Å². The van der Waals surface area contributed by atoms with Gasteiger partial charge in [-0.2, -0.15) is 0 Å². The molecule has 1 fully saturated rings. The SMILES string of the molecule is CC1(C)[C@H](C(=O)Nc2nc(-c3ccccc3)c(C(=O)c3ccccc3)s2)CC[C@]1(C)C(=O)O. The second kappa shape index (κ2) is 8.56. The maximum absolute atomic E-state index is 13.3. The van der Waals surface area contributed by atoms with Crippen molar-refractivity contribution in [3.05, 3.63) is 71.1 Å². The number of carboxylic acid groups (broad SMARTS) is 1. The van der Waals surface area contributed by atoms with E-state index >= 15 is 0 Å². The molecule has 6 nitrogen and oxygen atoms in total. The lowest BCUT2D eigenvalue weighted by Crippen LogP contribution is -2.43. The summed E-state index contributed by atoms with van der Waals surface area (Å²) >= 11 is 1.14. The molecule has 0 spiro atoms. The summed E-state index contributed by atoms with van der Waals surface area (Å²) in [7, 11) is 0. The van der Waals surface area contributed by atoms with Gasteiger partial charge in [0.15, 0.2) is 5.13 Å². The Morgan fingerprint density at radius 1 is 1.00 bits per heavy atom. The number of hydrogen-bond acceptors (Lipinski definition) is 5. The first kappa shape index (κ1) is 22.9. The van der Waals surface area contributed by atoms with Gasteiger partial charge in [0.05, 0.1) is 11.1 Å². The maximum Gasteiger partial charge on any atom is 0.309 e. The number of rotatable bonds is 6. The van der Waals surface area contributed by atoms with Gasteiger partial charge in [-0.15, -0.1) is 0 Å². The highest BCUT2D eigenvalue weighted by molar-refractivity contribution is 7.18. The zero-order chi connectivity index (χ0) is 23.8. The zero-order valence-corrected chi connectivity index (χ0v) is 19.6. The van der Waals surface area contributed by atoms with Gasteiger partial charge in [0.2, 0.25) is 11.7 Å². The van der Waals surface area contributed by atoms with E-state index in [0.29, 0.717) is 34.1 Å². The van der Waals surface area contributed by atoms with Crippen LogP contribution in [0, 0.1) is 16.7 Å². The molecular formula is C26H26N2O4S. The van der Waals surface area contributed by atoms with E-state index in [4.69, 9.17) is 0 Å². The Bertz CT molecular complexity index is 1200. The van der Waals surface area contributed by atoms with Crippen LogP contribution in [0.4, 0.5) is 5.13 Å². The summed E-state index contributed by atoms with van der Waals surface area (Å²) in [6.45, 7) is 5.37. The van der Waals surface area contributed by atoms with Crippen LogP contribution in [0.1, 0.15) is 48.8 Å². The number of carbonyl (C=O) groups is 3. The zero-order valence-electron chi connectivity index (χ0n) is 18.8. The van der Waals surface area contributed by atoms with Gasteiger partial charge in [-0.1, -0.05) is 85.8 Å². The van der Waals surface area contributed by atoms with Gasteiger partial charge in [-0.05, 0) is 25.2 Å². The van der Waals surface area contributed by atoms with Crippen LogP contribution in [0.3, 0.4) is 0 Å². The number of benzene rings is 2. The fourth-order valence-electron chi connectivity index (χ4n) is 4.57. The molecule has 0 radical (unpaired) electrons. The Morgan fingerprint density at radius 2 is 1.61 bits per heavy atom. The van der Waals surface area contributed by atoms with Crippen molar-refractivity contribution in [2.45, 2.75) is 33.6 Å². The minimum Gasteiger partial charge on any atom is -0.481 e. The smallest absolute Gasteiger partial charge is 0.309 e. The van der Waals surface area contributed by atoms with Gasteiger partial charge in [0.1, 0.15) is 4.88 Å². The number of carbonyl (C=O) groups excluding carboxylic acids is 2. The van der Waals surface area contributed by atoms with Crippen molar-refractivity contribution in [1.82, 2.24) is 4.98 Å². The fourth-order valence-corrected chi connectivity index (χ4v) is 5.53. The molecule has 1 aromatic heterocycles. The van der Waals surface area contributed by atoms with E-state index in [2.05, 4.69) is 10.3 Å². The summed E-state index contributed by atoms with van der Waals surface area (Å²) in [5.74, 6) is -1.79. The average molecular weight is 463 g/mol. The van der Waals surface area contributed by atoms with E-state index in [9.17, 15) is 19.5 Å². The topological polar surface area (TPSA) is 96.4 Å². The molecule has 2 N–H and O–H groups in total. The number of amides is 1. The minimum absolute atomic E-state index is 0.160. The molecule has 7 heteroatoms. The van der Waals surface area contributed by atoms with E-state index < -0.39 is 22.7 Å². The number of nitrogens with one attached hydrogen (secondary N) is 1. The monoisotopic (exact) mass is 462 g/mol. The van der Waals surface area contributed by atoms with Crippen molar-refractivity contribution < 1.29 is 19.5 Å². The van der Waals surface area contributed by atoms with E-state index in [-0.39, 0.29) is 11.7 Å². The van der Waals surface area contributed by atoms with Crippen LogP contribution in [0.25, 0.3) is 11.3 Å². The third kappa shape index (κ3) is 3.97. The molecule has 1 heterocycles. The molecule has 1 aliphatic rings. The van der Waals surface area contributed by atoms with Crippen LogP contribution >= 0.6 is 11.3 Å². The lowest BCUT2D eigenvalue weighted by atomic mass is 9.65. The highest BCUT2D eigenvalue weighted by atomic mass is 32.1. The Hall–Kier alpha value is -3.32. The Kier molecular flexibility index (Phi) is 5.93. The van der Waals surface area contributed by atoms with Crippen molar-refractivity contribution in [1.29, 1.82) is 0 Å². The number of anilines is 1. The molecule has 4 rings (SSSR count). The molecule has 2 atom stereocenters. The lowest BCUT2D eigenvalue weighted by molar-refractivity contribution is -0.154.